The van der Waals surface area contributed by atoms with Gasteiger partial charge in [-0.1, -0.05) is 53.0 Å². The molecular formula is C22H19Cl3N2O4S. The Morgan fingerprint density at radius 1 is 1.06 bits per heavy atom. The van der Waals surface area contributed by atoms with Crippen molar-refractivity contribution in [1.82, 2.24) is 4.98 Å². The lowest BCUT2D eigenvalue weighted by Crippen LogP contribution is -2.24. The molecule has 0 spiro atoms. The highest BCUT2D eigenvalue weighted by Gasteiger charge is 2.28. The average Bonchev–Trinajstić information content (AvgIpc) is 2.70. The third kappa shape index (κ3) is 5.60. The van der Waals surface area contributed by atoms with Gasteiger partial charge in [0.05, 0.1) is 24.3 Å². The van der Waals surface area contributed by atoms with Gasteiger partial charge in [0.25, 0.3) is 10.1 Å². The van der Waals surface area contributed by atoms with Gasteiger partial charge >= 0.3 is 0 Å². The van der Waals surface area contributed by atoms with E-state index in [9.17, 15) is 13.2 Å². The van der Waals surface area contributed by atoms with Gasteiger partial charge in [-0.2, -0.15) is 8.42 Å². The lowest BCUT2D eigenvalue weighted by molar-refractivity contribution is -0.118. The van der Waals surface area contributed by atoms with Crippen molar-refractivity contribution < 1.29 is 17.4 Å². The number of pyridine rings is 1. The fourth-order valence-electron chi connectivity index (χ4n) is 3.26. The van der Waals surface area contributed by atoms with Gasteiger partial charge in [-0.05, 0) is 48.4 Å². The van der Waals surface area contributed by atoms with Crippen LogP contribution < -0.4 is 5.73 Å². The number of benzene rings is 2. The minimum Gasteiger partial charge on any atom is -0.369 e. The molecule has 0 fully saturated rings. The van der Waals surface area contributed by atoms with E-state index in [2.05, 4.69) is 4.98 Å². The van der Waals surface area contributed by atoms with Gasteiger partial charge in [0.2, 0.25) is 5.91 Å². The molecule has 2 N–H and O–H groups in total. The molecule has 0 radical (unpaired) electrons. The zero-order valence-corrected chi connectivity index (χ0v) is 20.2. The average molecular weight is 514 g/mol. The number of primary amides is 1. The number of nitrogens with two attached hydrogens (primary N) is 1. The van der Waals surface area contributed by atoms with Crippen molar-refractivity contribution in [2.24, 2.45) is 5.73 Å². The predicted molar refractivity (Wildman–Crippen MR) is 127 cm³/mol. The zero-order valence-electron chi connectivity index (χ0n) is 17.1. The highest BCUT2D eigenvalue weighted by atomic mass is 35.5. The van der Waals surface area contributed by atoms with E-state index < -0.39 is 21.9 Å². The number of carbonyl (C=O) groups excluding carboxylic acids is 1. The first kappa shape index (κ1) is 24.5. The van der Waals surface area contributed by atoms with Crippen LogP contribution in [0.2, 0.25) is 15.1 Å². The topological polar surface area (TPSA) is 99.4 Å². The molecule has 0 saturated carbocycles. The van der Waals surface area contributed by atoms with Crippen LogP contribution in [0.5, 0.6) is 0 Å². The maximum atomic E-state index is 12.5. The summed E-state index contributed by atoms with van der Waals surface area (Å²) >= 11 is 19.0. The highest BCUT2D eigenvalue weighted by molar-refractivity contribution is 7.85. The van der Waals surface area contributed by atoms with E-state index in [-0.39, 0.29) is 22.3 Å². The minimum absolute atomic E-state index is 0.247. The minimum atomic E-state index is -3.71. The maximum absolute atomic E-state index is 12.5. The van der Waals surface area contributed by atoms with Crippen LogP contribution in [0, 0.1) is 6.92 Å². The molecule has 32 heavy (non-hydrogen) atoms. The Morgan fingerprint density at radius 2 is 1.66 bits per heavy atom. The van der Waals surface area contributed by atoms with E-state index in [4.69, 9.17) is 44.7 Å². The molecule has 1 atom stereocenters. The van der Waals surface area contributed by atoms with Crippen LogP contribution in [0.4, 0.5) is 0 Å². The fraction of sp³-hybridized carbons (Fsp3) is 0.182. The van der Waals surface area contributed by atoms with E-state index in [0.717, 1.165) is 11.8 Å². The Morgan fingerprint density at radius 3 is 2.25 bits per heavy atom. The normalized spacial score (nSPS) is 12.5. The Bertz CT molecular complexity index is 1280. The molecule has 0 bridgehead atoms. The van der Waals surface area contributed by atoms with E-state index in [0.29, 0.717) is 27.4 Å². The number of nitrogens with zero attached hydrogens (tertiary/aromatic N) is 1. The van der Waals surface area contributed by atoms with Gasteiger partial charge < -0.3 is 5.73 Å². The van der Waals surface area contributed by atoms with Gasteiger partial charge in [-0.15, -0.1) is 0 Å². The molecule has 0 saturated heterocycles. The molecule has 2 aromatic carbocycles. The SMILES string of the molecule is Cc1c(Cl)cccc1-c1cc(COS(C)(=O)=O)cc(C(C(N)=O)c2c(Cl)cccc2Cl)n1. The standard InChI is InChI=1S/C22H19Cl3N2O4S/c1-12-14(5-3-6-15(12)23)18-9-13(11-31-32(2,29)30)10-19(27-18)21(22(26)28)20-16(24)7-4-8-17(20)25/h3-10,21H,11H2,1-2H3,(H2,26,28). The Balaban J connectivity index is 2.25. The van der Waals surface area contributed by atoms with E-state index in [1.54, 1.807) is 42.5 Å². The third-order valence-electron chi connectivity index (χ3n) is 4.76. The molecule has 10 heteroatoms. The van der Waals surface area contributed by atoms with Crippen LogP contribution >= 0.6 is 34.8 Å². The molecule has 0 aliphatic rings. The molecule has 1 heterocycles. The second kappa shape index (κ2) is 9.77. The summed E-state index contributed by atoms with van der Waals surface area (Å²) in [7, 11) is -3.71. The van der Waals surface area contributed by atoms with Crippen molar-refractivity contribution in [1.29, 1.82) is 0 Å². The molecule has 0 aliphatic heterocycles. The molecule has 6 nitrogen and oxygen atoms in total. The predicted octanol–water partition coefficient (Wildman–Crippen LogP) is 5.11. The molecule has 1 unspecified atom stereocenters. The molecule has 3 aromatic rings. The van der Waals surface area contributed by atoms with Crippen molar-refractivity contribution in [2.75, 3.05) is 6.26 Å². The van der Waals surface area contributed by atoms with Crippen LogP contribution in [-0.2, 0) is 25.7 Å². The number of hydrogen-bond acceptors (Lipinski definition) is 5. The zero-order chi connectivity index (χ0) is 23.6. The van der Waals surface area contributed by atoms with Gasteiger partial charge in [0.15, 0.2) is 0 Å². The summed E-state index contributed by atoms with van der Waals surface area (Å²) in [6.07, 6.45) is 0.951. The van der Waals surface area contributed by atoms with Crippen molar-refractivity contribution in [2.45, 2.75) is 19.4 Å². The Kier molecular flexibility index (Phi) is 7.47. The van der Waals surface area contributed by atoms with Gasteiger partial charge in [0, 0.05) is 26.2 Å². The van der Waals surface area contributed by atoms with Gasteiger partial charge in [0.1, 0.15) is 5.92 Å². The van der Waals surface area contributed by atoms with Crippen LogP contribution in [0.1, 0.15) is 28.3 Å². The van der Waals surface area contributed by atoms with Crippen molar-refractivity contribution in [3.05, 3.63) is 86.0 Å². The number of halogens is 3. The fourth-order valence-corrected chi connectivity index (χ4v) is 4.40. The number of rotatable bonds is 7. The molecule has 3 rings (SSSR count). The van der Waals surface area contributed by atoms with Crippen LogP contribution in [0.25, 0.3) is 11.3 Å². The monoisotopic (exact) mass is 512 g/mol. The molecular weight excluding hydrogens is 495 g/mol. The van der Waals surface area contributed by atoms with Crippen LogP contribution in [0.15, 0.2) is 48.5 Å². The first-order chi connectivity index (χ1) is 15.0. The van der Waals surface area contributed by atoms with E-state index in [1.165, 1.54) is 0 Å². The Labute approximate surface area is 201 Å². The summed E-state index contributed by atoms with van der Waals surface area (Å²) in [6, 6.07) is 13.4. The first-order valence-electron chi connectivity index (χ1n) is 9.32. The second-order valence-electron chi connectivity index (χ2n) is 7.13. The molecule has 1 aromatic heterocycles. The van der Waals surface area contributed by atoms with Crippen LogP contribution in [-0.4, -0.2) is 25.6 Å². The largest absolute Gasteiger partial charge is 0.369 e. The summed E-state index contributed by atoms with van der Waals surface area (Å²) in [4.78, 5) is 17.2. The molecule has 168 valence electrons. The lowest BCUT2D eigenvalue weighted by Gasteiger charge is -2.19. The third-order valence-corrected chi connectivity index (χ3v) is 6.37. The lowest BCUT2D eigenvalue weighted by atomic mass is 9.92. The van der Waals surface area contributed by atoms with E-state index in [1.807, 2.05) is 13.0 Å². The molecule has 0 aliphatic carbocycles. The van der Waals surface area contributed by atoms with Crippen molar-refractivity contribution >= 4 is 50.8 Å². The van der Waals surface area contributed by atoms with Gasteiger partial charge in [-0.25, -0.2) is 0 Å². The maximum Gasteiger partial charge on any atom is 0.264 e. The summed E-state index contributed by atoms with van der Waals surface area (Å²) in [5.74, 6) is -1.80. The number of carbonyl (C=O) groups is 1. The second-order valence-corrected chi connectivity index (χ2v) is 10.0. The summed E-state index contributed by atoms with van der Waals surface area (Å²) in [5.41, 5.74) is 8.68. The smallest absolute Gasteiger partial charge is 0.264 e. The molecule has 1 amide bonds. The Hall–Kier alpha value is -2.16. The van der Waals surface area contributed by atoms with Gasteiger partial charge in [-0.3, -0.25) is 14.0 Å². The highest BCUT2D eigenvalue weighted by Crippen LogP contribution is 2.37. The van der Waals surface area contributed by atoms with Crippen LogP contribution in [0.3, 0.4) is 0 Å². The first-order valence-corrected chi connectivity index (χ1v) is 12.3. The number of aromatic nitrogens is 1. The van der Waals surface area contributed by atoms with E-state index >= 15 is 0 Å². The van der Waals surface area contributed by atoms with Crippen molar-refractivity contribution in [3.63, 3.8) is 0 Å². The summed E-state index contributed by atoms with van der Waals surface area (Å²) < 4.78 is 28.0. The van der Waals surface area contributed by atoms with Crippen molar-refractivity contribution in [3.8, 4) is 11.3 Å². The number of amides is 1. The summed E-state index contributed by atoms with van der Waals surface area (Å²) in [6.45, 7) is 1.57. The quantitative estimate of drug-likeness (QED) is 0.443. The summed E-state index contributed by atoms with van der Waals surface area (Å²) in [5, 5.41) is 1.03. The number of hydrogen-bond donors (Lipinski definition) is 1.